The van der Waals surface area contributed by atoms with Crippen LogP contribution in [-0.4, -0.2) is 31.5 Å². The number of hydrogen-bond acceptors (Lipinski definition) is 5. The largest absolute Gasteiger partial charge is 0.489 e. The number of hydrogen-bond donors (Lipinski definition) is 0. The van der Waals surface area contributed by atoms with Crippen LogP contribution in [0.2, 0.25) is 0 Å². The Kier molecular flexibility index (Phi) is 11.1. The third-order valence-electron chi connectivity index (χ3n) is 5.17. The highest BCUT2D eigenvalue weighted by Gasteiger charge is 2.15. The van der Waals surface area contributed by atoms with Crippen molar-refractivity contribution in [3.8, 4) is 5.75 Å². The Morgan fingerprint density at radius 1 is 0.839 bits per heavy atom. The van der Waals surface area contributed by atoms with E-state index in [4.69, 9.17) is 14.2 Å². The topological polar surface area (TPSA) is 61.8 Å². The van der Waals surface area contributed by atoms with Crippen LogP contribution in [0.15, 0.2) is 42.5 Å². The number of esters is 2. The van der Waals surface area contributed by atoms with Gasteiger partial charge in [-0.25, -0.2) is 4.79 Å². The van der Waals surface area contributed by atoms with Crippen molar-refractivity contribution in [1.29, 1.82) is 0 Å². The van der Waals surface area contributed by atoms with E-state index >= 15 is 0 Å². The molecule has 6 heteroatoms. The van der Waals surface area contributed by atoms with E-state index in [0.717, 1.165) is 35.0 Å². The van der Waals surface area contributed by atoms with Gasteiger partial charge in [0.15, 0.2) is 0 Å². The summed E-state index contributed by atoms with van der Waals surface area (Å²) in [5, 5.41) is 1.04. The quantitative estimate of drug-likeness (QED) is 0.206. The Morgan fingerprint density at radius 2 is 1.58 bits per heavy atom. The summed E-state index contributed by atoms with van der Waals surface area (Å²) in [7, 11) is 2.77. The van der Waals surface area contributed by atoms with E-state index in [1.165, 1.54) is 39.0 Å². The summed E-state index contributed by atoms with van der Waals surface area (Å²) in [6.07, 6.45) is 6.42. The Balaban J connectivity index is 2.18. The zero-order valence-corrected chi connectivity index (χ0v) is 19.9. The van der Waals surface area contributed by atoms with Crippen LogP contribution in [0.3, 0.4) is 0 Å². The van der Waals surface area contributed by atoms with E-state index in [9.17, 15) is 9.59 Å². The fraction of sp³-hybridized carbons (Fsp3) is 0.440. The molecule has 168 valence electrons. The monoisotopic (exact) mass is 490 g/mol. The Bertz CT molecular complexity index is 850. The standard InChI is InChI=1S/C25H31BrO5/c1-29-24(27)16-15-21-19(10-5-3-4-8-17-26)12-9-14-23(21)31-18-20-11-6-7-13-22(20)25(28)30-2/h6-7,9,11-14H,3-5,8,10,15-18H2,1-2H3. The van der Waals surface area contributed by atoms with Gasteiger partial charge < -0.3 is 14.2 Å². The zero-order valence-electron chi connectivity index (χ0n) is 18.3. The highest BCUT2D eigenvalue weighted by Crippen LogP contribution is 2.27. The van der Waals surface area contributed by atoms with Gasteiger partial charge in [-0.05, 0) is 48.9 Å². The molecule has 0 saturated heterocycles. The Labute approximate surface area is 193 Å². The van der Waals surface area contributed by atoms with E-state index in [0.29, 0.717) is 18.4 Å². The van der Waals surface area contributed by atoms with Crippen molar-refractivity contribution in [3.63, 3.8) is 0 Å². The molecule has 2 rings (SSSR count). The van der Waals surface area contributed by atoms with Gasteiger partial charge in [0.05, 0.1) is 19.8 Å². The highest BCUT2D eigenvalue weighted by molar-refractivity contribution is 9.09. The van der Waals surface area contributed by atoms with E-state index < -0.39 is 0 Å². The molecule has 0 aromatic heterocycles. The van der Waals surface area contributed by atoms with Gasteiger partial charge >= 0.3 is 11.9 Å². The number of aryl methyl sites for hydroxylation is 1. The van der Waals surface area contributed by atoms with E-state index in [1.807, 2.05) is 24.3 Å². The average Bonchev–Trinajstić information content (AvgIpc) is 2.81. The van der Waals surface area contributed by atoms with Crippen LogP contribution in [0.5, 0.6) is 5.75 Å². The summed E-state index contributed by atoms with van der Waals surface area (Å²) >= 11 is 3.47. The Morgan fingerprint density at radius 3 is 2.32 bits per heavy atom. The Hall–Kier alpha value is -2.34. The normalized spacial score (nSPS) is 10.5. The summed E-state index contributed by atoms with van der Waals surface area (Å²) in [4.78, 5) is 23.8. The van der Waals surface area contributed by atoms with Crippen molar-refractivity contribution in [2.75, 3.05) is 19.5 Å². The lowest BCUT2D eigenvalue weighted by Crippen LogP contribution is -2.10. The predicted molar refractivity (Wildman–Crippen MR) is 125 cm³/mol. The van der Waals surface area contributed by atoms with E-state index in [-0.39, 0.29) is 18.5 Å². The second kappa shape index (κ2) is 13.9. The number of alkyl halides is 1. The first-order valence-corrected chi connectivity index (χ1v) is 11.8. The molecule has 0 fully saturated rings. The molecule has 0 bridgehead atoms. The fourth-order valence-electron chi connectivity index (χ4n) is 3.47. The van der Waals surface area contributed by atoms with Gasteiger partial charge in [0.25, 0.3) is 0 Å². The van der Waals surface area contributed by atoms with E-state index in [1.54, 1.807) is 12.1 Å². The van der Waals surface area contributed by atoms with E-state index in [2.05, 4.69) is 22.0 Å². The molecule has 0 heterocycles. The molecule has 31 heavy (non-hydrogen) atoms. The highest BCUT2D eigenvalue weighted by atomic mass is 79.9. The SMILES string of the molecule is COC(=O)CCc1c(CCCCCCBr)cccc1OCc1ccccc1C(=O)OC. The minimum Gasteiger partial charge on any atom is -0.489 e. The molecule has 2 aromatic carbocycles. The van der Waals surface area contributed by atoms with Crippen molar-refractivity contribution < 1.29 is 23.8 Å². The van der Waals surface area contributed by atoms with Gasteiger partial charge in [0, 0.05) is 17.3 Å². The molecule has 0 radical (unpaired) electrons. The molecule has 2 aromatic rings. The molecule has 5 nitrogen and oxygen atoms in total. The minimum atomic E-state index is -0.387. The number of benzene rings is 2. The number of ether oxygens (including phenoxy) is 3. The molecule has 0 aliphatic rings. The van der Waals surface area contributed by atoms with Crippen molar-refractivity contribution in [1.82, 2.24) is 0 Å². The summed E-state index contributed by atoms with van der Waals surface area (Å²) in [6, 6.07) is 13.3. The molecule has 0 N–H and O–H groups in total. The van der Waals surface area contributed by atoms with Crippen molar-refractivity contribution in [3.05, 3.63) is 64.7 Å². The van der Waals surface area contributed by atoms with Gasteiger partial charge in [0.2, 0.25) is 0 Å². The number of unbranched alkanes of at least 4 members (excludes halogenated alkanes) is 3. The zero-order chi connectivity index (χ0) is 22.5. The van der Waals surface area contributed by atoms with Crippen molar-refractivity contribution in [2.24, 2.45) is 0 Å². The molecule has 0 unspecified atom stereocenters. The predicted octanol–water partition coefficient (Wildman–Crippen LogP) is 5.66. The number of methoxy groups -OCH3 is 2. The van der Waals surface area contributed by atoms with Gasteiger partial charge in [-0.15, -0.1) is 0 Å². The van der Waals surface area contributed by atoms with Gasteiger partial charge in [-0.3, -0.25) is 4.79 Å². The first-order chi connectivity index (χ1) is 15.1. The maximum Gasteiger partial charge on any atom is 0.338 e. The second-order valence-corrected chi connectivity index (χ2v) is 8.05. The molecule has 0 atom stereocenters. The summed E-state index contributed by atoms with van der Waals surface area (Å²) in [5.41, 5.74) is 3.47. The van der Waals surface area contributed by atoms with Crippen LogP contribution in [0, 0.1) is 0 Å². The molecule has 0 aliphatic carbocycles. The van der Waals surface area contributed by atoms with Crippen LogP contribution >= 0.6 is 15.9 Å². The van der Waals surface area contributed by atoms with Crippen LogP contribution < -0.4 is 4.74 Å². The van der Waals surface area contributed by atoms with Crippen molar-refractivity contribution in [2.45, 2.75) is 51.6 Å². The third kappa shape index (κ3) is 8.02. The number of halogens is 1. The second-order valence-electron chi connectivity index (χ2n) is 7.26. The molecule has 0 saturated carbocycles. The maximum absolute atomic E-state index is 12.0. The van der Waals surface area contributed by atoms with Crippen LogP contribution in [0.25, 0.3) is 0 Å². The number of rotatable bonds is 13. The average molecular weight is 491 g/mol. The summed E-state index contributed by atoms with van der Waals surface area (Å²) < 4.78 is 15.8. The lowest BCUT2D eigenvalue weighted by atomic mass is 9.96. The molecule has 0 aliphatic heterocycles. The summed E-state index contributed by atoms with van der Waals surface area (Å²) in [6.45, 7) is 0.241. The van der Waals surface area contributed by atoms with Crippen LogP contribution in [0.4, 0.5) is 0 Å². The maximum atomic E-state index is 12.0. The number of carbonyl (C=O) groups is 2. The minimum absolute atomic E-state index is 0.241. The number of carbonyl (C=O) groups excluding carboxylic acids is 2. The van der Waals surface area contributed by atoms with Crippen LogP contribution in [-0.2, 0) is 33.7 Å². The molecular weight excluding hydrogens is 460 g/mol. The van der Waals surface area contributed by atoms with Gasteiger partial charge in [-0.1, -0.05) is 59.1 Å². The van der Waals surface area contributed by atoms with Crippen molar-refractivity contribution >= 4 is 27.9 Å². The van der Waals surface area contributed by atoms with Gasteiger partial charge in [0.1, 0.15) is 12.4 Å². The fourth-order valence-corrected chi connectivity index (χ4v) is 3.86. The van der Waals surface area contributed by atoms with Crippen LogP contribution in [0.1, 0.15) is 59.2 Å². The lowest BCUT2D eigenvalue weighted by Gasteiger charge is -2.17. The molecular formula is C25H31BrO5. The lowest BCUT2D eigenvalue weighted by molar-refractivity contribution is -0.140. The first-order valence-electron chi connectivity index (χ1n) is 10.6. The smallest absolute Gasteiger partial charge is 0.338 e. The first kappa shape index (κ1) is 24.9. The molecule has 0 spiro atoms. The third-order valence-corrected chi connectivity index (χ3v) is 5.73. The van der Waals surface area contributed by atoms with Gasteiger partial charge in [-0.2, -0.15) is 0 Å². The molecule has 0 amide bonds. The summed E-state index contributed by atoms with van der Waals surface area (Å²) in [5.74, 6) is 0.109.